The fourth-order valence-electron chi connectivity index (χ4n) is 1.92. The molecule has 0 radical (unpaired) electrons. The number of carbonyl (C=O) groups excluding carboxylic acids is 1. The van der Waals surface area contributed by atoms with E-state index < -0.39 is 6.09 Å². The molecule has 0 saturated carbocycles. The Balaban J connectivity index is 0.00000162. The number of halogens is 3. The summed E-state index contributed by atoms with van der Waals surface area (Å²) in [6.45, 7) is 4.33. The van der Waals surface area contributed by atoms with E-state index in [4.69, 9.17) is 4.74 Å². The third-order valence-corrected chi connectivity index (χ3v) is 3.50. The van der Waals surface area contributed by atoms with Gasteiger partial charge in [-0.15, -0.1) is 12.4 Å². The van der Waals surface area contributed by atoms with Crippen LogP contribution in [0.25, 0.3) is 0 Å². The number of cyclic esters (lactones) is 1. The zero-order valence-electron chi connectivity index (χ0n) is 10.00. The van der Waals surface area contributed by atoms with E-state index in [1.165, 1.54) is 6.07 Å². The maximum Gasteiger partial charge on any atom is 0.407 e. The summed E-state index contributed by atoms with van der Waals surface area (Å²) >= 11 is 3.15. The van der Waals surface area contributed by atoms with E-state index in [1.54, 1.807) is 12.1 Å². The number of hydrogen-bond acceptors (Lipinski definition) is 2. The van der Waals surface area contributed by atoms with E-state index in [0.29, 0.717) is 11.1 Å². The number of rotatable bonds is 1. The van der Waals surface area contributed by atoms with Crippen LogP contribution in [0.5, 0.6) is 0 Å². The van der Waals surface area contributed by atoms with Gasteiger partial charge in [0.1, 0.15) is 12.4 Å². The van der Waals surface area contributed by atoms with Crippen molar-refractivity contribution >= 4 is 34.4 Å². The summed E-state index contributed by atoms with van der Waals surface area (Å²) in [5.41, 5.74) is 0.630. The molecule has 0 aliphatic carbocycles. The molecule has 2 rings (SSSR count). The Hall–Kier alpha value is -0.810. The highest BCUT2D eigenvalue weighted by Gasteiger charge is 2.37. The molecule has 1 amide bonds. The minimum absolute atomic E-state index is 0. The standard InChI is InChI=1S/C12H13BrFNO2.ClH/c1-12(2)6-17-11(16)15-10(12)7-3-4-9(14)8(13)5-7;/h3-5,10H,6H2,1-2H3,(H,15,16);1H/t10-;/m0./s1. The highest BCUT2D eigenvalue weighted by molar-refractivity contribution is 9.10. The van der Waals surface area contributed by atoms with Gasteiger partial charge in [0.05, 0.1) is 10.5 Å². The first-order valence-corrected chi connectivity index (χ1v) is 6.08. The monoisotopic (exact) mass is 337 g/mol. The van der Waals surface area contributed by atoms with E-state index in [2.05, 4.69) is 21.2 Å². The number of carbonyl (C=O) groups is 1. The van der Waals surface area contributed by atoms with Gasteiger partial charge in [-0.1, -0.05) is 19.9 Å². The Morgan fingerprint density at radius 2 is 2.17 bits per heavy atom. The van der Waals surface area contributed by atoms with Crippen molar-refractivity contribution in [3.05, 3.63) is 34.1 Å². The average Bonchev–Trinajstić information content (AvgIpc) is 2.26. The van der Waals surface area contributed by atoms with Gasteiger partial charge in [0, 0.05) is 5.41 Å². The molecule has 18 heavy (non-hydrogen) atoms. The second kappa shape index (κ2) is 5.45. The van der Waals surface area contributed by atoms with Crippen molar-refractivity contribution in [3.63, 3.8) is 0 Å². The normalized spacial score (nSPS) is 21.6. The summed E-state index contributed by atoms with van der Waals surface area (Å²) < 4.78 is 18.5. The summed E-state index contributed by atoms with van der Waals surface area (Å²) in [6.07, 6.45) is -0.435. The van der Waals surface area contributed by atoms with Gasteiger partial charge in [-0.2, -0.15) is 0 Å². The van der Waals surface area contributed by atoms with Crippen LogP contribution in [-0.4, -0.2) is 12.7 Å². The summed E-state index contributed by atoms with van der Waals surface area (Å²) in [6, 6.07) is 4.57. The van der Waals surface area contributed by atoms with E-state index in [9.17, 15) is 9.18 Å². The molecule has 3 nitrogen and oxygen atoms in total. The molecule has 1 saturated heterocycles. The van der Waals surface area contributed by atoms with Crippen molar-refractivity contribution in [2.45, 2.75) is 19.9 Å². The molecular formula is C12H14BrClFNO2. The predicted octanol–water partition coefficient (Wildman–Crippen LogP) is 3.82. The van der Waals surface area contributed by atoms with Crippen LogP contribution in [0.2, 0.25) is 0 Å². The molecule has 0 unspecified atom stereocenters. The van der Waals surface area contributed by atoms with E-state index in [-0.39, 0.29) is 29.7 Å². The lowest BCUT2D eigenvalue weighted by molar-refractivity contribution is 0.0387. The Morgan fingerprint density at radius 3 is 2.78 bits per heavy atom. The average molecular weight is 339 g/mol. The highest BCUT2D eigenvalue weighted by atomic mass is 79.9. The first-order valence-electron chi connectivity index (χ1n) is 5.28. The lowest BCUT2D eigenvalue weighted by Gasteiger charge is -2.38. The molecule has 1 aromatic rings. The van der Waals surface area contributed by atoms with Crippen LogP contribution in [0.4, 0.5) is 9.18 Å². The van der Waals surface area contributed by atoms with Crippen LogP contribution in [0, 0.1) is 11.2 Å². The van der Waals surface area contributed by atoms with Gasteiger partial charge in [-0.05, 0) is 33.6 Å². The van der Waals surface area contributed by atoms with Crippen molar-refractivity contribution in [2.24, 2.45) is 5.41 Å². The van der Waals surface area contributed by atoms with Gasteiger partial charge in [-0.25, -0.2) is 9.18 Å². The Labute approximate surface area is 120 Å². The molecule has 100 valence electrons. The highest BCUT2D eigenvalue weighted by Crippen LogP contribution is 2.37. The zero-order chi connectivity index (χ0) is 12.6. The topological polar surface area (TPSA) is 38.3 Å². The second-order valence-electron chi connectivity index (χ2n) is 4.82. The minimum atomic E-state index is -0.435. The number of amides is 1. The van der Waals surface area contributed by atoms with E-state index >= 15 is 0 Å². The maximum absolute atomic E-state index is 13.2. The van der Waals surface area contributed by atoms with Crippen LogP contribution >= 0.6 is 28.3 Å². The summed E-state index contributed by atoms with van der Waals surface area (Å²) in [4.78, 5) is 11.3. The van der Waals surface area contributed by atoms with Crippen molar-refractivity contribution in [1.82, 2.24) is 5.32 Å². The molecule has 1 aromatic carbocycles. The first-order chi connectivity index (χ1) is 7.90. The Kier molecular flexibility index (Phi) is 4.61. The van der Waals surface area contributed by atoms with Crippen LogP contribution in [0.1, 0.15) is 25.5 Å². The van der Waals surface area contributed by atoms with Gasteiger partial charge in [-0.3, -0.25) is 0 Å². The van der Waals surface area contributed by atoms with Gasteiger partial charge in [0.2, 0.25) is 0 Å². The molecule has 1 atom stereocenters. The number of ether oxygens (including phenoxy) is 1. The van der Waals surface area contributed by atoms with Crippen LogP contribution in [-0.2, 0) is 4.74 Å². The third-order valence-electron chi connectivity index (χ3n) is 2.90. The fraction of sp³-hybridized carbons (Fsp3) is 0.417. The molecular weight excluding hydrogens is 324 g/mol. The molecule has 0 bridgehead atoms. The molecule has 1 aliphatic rings. The summed E-state index contributed by atoms with van der Waals surface area (Å²) in [7, 11) is 0. The van der Waals surface area contributed by atoms with Gasteiger partial charge in [0.15, 0.2) is 0 Å². The molecule has 1 fully saturated rings. The number of hydrogen-bond donors (Lipinski definition) is 1. The molecule has 0 spiro atoms. The Bertz CT molecular complexity index is 467. The van der Waals surface area contributed by atoms with Crippen LogP contribution in [0.3, 0.4) is 0 Å². The smallest absolute Gasteiger partial charge is 0.407 e. The van der Waals surface area contributed by atoms with Crippen molar-refractivity contribution < 1.29 is 13.9 Å². The van der Waals surface area contributed by atoms with Gasteiger partial charge >= 0.3 is 6.09 Å². The largest absolute Gasteiger partial charge is 0.449 e. The summed E-state index contributed by atoms with van der Waals surface area (Å²) in [5, 5.41) is 2.77. The maximum atomic E-state index is 13.2. The van der Waals surface area contributed by atoms with Gasteiger partial charge in [0.25, 0.3) is 0 Å². The lowest BCUT2D eigenvalue weighted by Crippen LogP contribution is -2.46. The van der Waals surface area contributed by atoms with Gasteiger partial charge < -0.3 is 10.1 Å². The molecule has 1 aliphatic heterocycles. The van der Waals surface area contributed by atoms with E-state index in [1.807, 2.05) is 13.8 Å². The summed E-state index contributed by atoms with van der Waals surface area (Å²) in [5.74, 6) is -0.315. The number of alkyl carbamates (subject to hydrolysis) is 1. The minimum Gasteiger partial charge on any atom is -0.449 e. The SMILES string of the molecule is CC1(C)COC(=O)N[C@H]1c1ccc(F)c(Br)c1.Cl. The molecule has 1 heterocycles. The van der Waals surface area contributed by atoms with E-state index in [0.717, 1.165) is 5.56 Å². The fourth-order valence-corrected chi connectivity index (χ4v) is 2.31. The number of nitrogens with one attached hydrogen (secondary N) is 1. The second-order valence-corrected chi connectivity index (χ2v) is 5.67. The zero-order valence-corrected chi connectivity index (χ0v) is 12.4. The Morgan fingerprint density at radius 1 is 1.50 bits per heavy atom. The molecule has 1 N–H and O–H groups in total. The molecule has 6 heteroatoms. The van der Waals surface area contributed by atoms with Crippen LogP contribution < -0.4 is 5.32 Å². The third kappa shape index (κ3) is 2.95. The van der Waals surface area contributed by atoms with Crippen LogP contribution in [0.15, 0.2) is 22.7 Å². The predicted molar refractivity (Wildman–Crippen MR) is 72.4 cm³/mol. The van der Waals surface area contributed by atoms with Crippen molar-refractivity contribution in [3.8, 4) is 0 Å². The first kappa shape index (κ1) is 15.2. The van der Waals surface area contributed by atoms with Crippen molar-refractivity contribution in [1.29, 1.82) is 0 Å². The number of benzene rings is 1. The van der Waals surface area contributed by atoms with Crippen molar-refractivity contribution in [2.75, 3.05) is 6.61 Å². The quantitative estimate of drug-likeness (QED) is 0.845. The molecule has 0 aromatic heterocycles. The lowest BCUT2D eigenvalue weighted by atomic mass is 9.80.